The summed E-state index contributed by atoms with van der Waals surface area (Å²) in [6.07, 6.45) is 0. The average molecular weight is 262 g/mol. The first-order valence-electron chi connectivity index (χ1n) is 5.76. The predicted octanol–water partition coefficient (Wildman–Crippen LogP) is 3.52. The van der Waals surface area contributed by atoms with E-state index in [1.165, 1.54) is 20.3 Å². The number of benzene rings is 2. The number of halogens is 1. The lowest BCUT2D eigenvalue weighted by atomic mass is 10.0. The van der Waals surface area contributed by atoms with Crippen LogP contribution in [-0.4, -0.2) is 21.3 Å². The summed E-state index contributed by atoms with van der Waals surface area (Å²) in [6.45, 7) is 0. The minimum Gasteiger partial charge on any atom is -0.496 e. The standard InChI is InChI=1S/C15H15FO3/c1-17-12-8-5-7-11(16)14(12)10-6-4-9-13(18-2)15(10)19-3/h4-9H,1-3H3. The summed E-state index contributed by atoms with van der Waals surface area (Å²) in [6, 6.07) is 10.00. The van der Waals surface area contributed by atoms with Crippen LogP contribution >= 0.6 is 0 Å². The quantitative estimate of drug-likeness (QED) is 0.843. The van der Waals surface area contributed by atoms with E-state index in [-0.39, 0.29) is 5.82 Å². The zero-order valence-corrected chi connectivity index (χ0v) is 11.1. The molecule has 0 bridgehead atoms. The van der Waals surface area contributed by atoms with E-state index < -0.39 is 0 Å². The molecule has 2 rings (SSSR count). The smallest absolute Gasteiger partial charge is 0.168 e. The fourth-order valence-electron chi connectivity index (χ4n) is 2.02. The van der Waals surface area contributed by atoms with Gasteiger partial charge < -0.3 is 14.2 Å². The third kappa shape index (κ3) is 2.34. The highest BCUT2D eigenvalue weighted by molar-refractivity contribution is 5.78. The molecule has 4 heteroatoms. The molecule has 0 aromatic heterocycles. The highest BCUT2D eigenvalue weighted by Gasteiger charge is 2.18. The molecular weight excluding hydrogens is 247 g/mol. The van der Waals surface area contributed by atoms with Crippen LogP contribution in [0, 0.1) is 5.82 Å². The van der Waals surface area contributed by atoms with Crippen LogP contribution in [-0.2, 0) is 0 Å². The van der Waals surface area contributed by atoms with Gasteiger partial charge in [0.2, 0.25) is 0 Å². The van der Waals surface area contributed by atoms with Crippen molar-refractivity contribution >= 4 is 0 Å². The molecule has 0 unspecified atom stereocenters. The normalized spacial score (nSPS) is 10.1. The summed E-state index contributed by atoms with van der Waals surface area (Å²) >= 11 is 0. The Morgan fingerprint density at radius 1 is 0.789 bits per heavy atom. The fraction of sp³-hybridized carbons (Fsp3) is 0.200. The number of methoxy groups -OCH3 is 3. The second kappa shape index (κ2) is 5.61. The van der Waals surface area contributed by atoms with Gasteiger partial charge in [0.15, 0.2) is 11.5 Å². The van der Waals surface area contributed by atoms with Crippen molar-refractivity contribution < 1.29 is 18.6 Å². The van der Waals surface area contributed by atoms with Gasteiger partial charge in [-0.1, -0.05) is 18.2 Å². The molecule has 0 heterocycles. The zero-order valence-electron chi connectivity index (χ0n) is 11.1. The van der Waals surface area contributed by atoms with Gasteiger partial charge in [0.25, 0.3) is 0 Å². The van der Waals surface area contributed by atoms with Gasteiger partial charge in [-0.25, -0.2) is 4.39 Å². The Balaban J connectivity index is 2.72. The molecule has 0 saturated carbocycles. The Morgan fingerprint density at radius 2 is 1.42 bits per heavy atom. The molecule has 0 aliphatic rings. The van der Waals surface area contributed by atoms with Gasteiger partial charge in [-0.05, 0) is 18.2 Å². The maximum Gasteiger partial charge on any atom is 0.168 e. The summed E-state index contributed by atoms with van der Waals surface area (Å²) < 4.78 is 29.9. The molecule has 0 N–H and O–H groups in total. The number of hydrogen-bond donors (Lipinski definition) is 0. The average Bonchev–Trinajstić information content (AvgIpc) is 2.45. The maximum absolute atomic E-state index is 14.1. The van der Waals surface area contributed by atoms with Crippen molar-refractivity contribution in [1.82, 2.24) is 0 Å². The third-order valence-corrected chi connectivity index (χ3v) is 2.87. The topological polar surface area (TPSA) is 27.7 Å². The van der Waals surface area contributed by atoms with Crippen LogP contribution in [0.3, 0.4) is 0 Å². The van der Waals surface area contributed by atoms with Gasteiger partial charge >= 0.3 is 0 Å². The predicted molar refractivity (Wildman–Crippen MR) is 71.5 cm³/mol. The largest absolute Gasteiger partial charge is 0.496 e. The molecule has 2 aromatic rings. The SMILES string of the molecule is COc1cccc(-c2c(F)cccc2OC)c1OC. The Labute approximate surface area is 111 Å². The lowest BCUT2D eigenvalue weighted by molar-refractivity contribution is 0.355. The Hall–Kier alpha value is -2.23. The molecule has 19 heavy (non-hydrogen) atoms. The molecule has 0 radical (unpaired) electrons. The molecule has 0 atom stereocenters. The Morgan fingerprint density at radius 3 is 2.05 bits per heavy atom. The van der Waals surface area contributed by atoms with Crippen molar-refractivity contribution in [3.63, 3.8) is 0 Å². The second-order valence-electron chi connectivity index (χ2n) is 3.86. The van der Waals surface area contributed by atoms with Crippen molar-refractivity contribution in [3.05, 3.63) is 42.2 Å². The molecule has 2 aromatic carbocycles. The van der Waals surface area contributed by atoms with E-state index in [9.17, 15) is 4.39 Å². The van der Waals surface area contributed by atoms with Crippen LogP contribution in [0.4, 0.5) is 4.39 Å². The molecule has 0 spiro atoms. The summed E-state index contributed by atoms with van der Waals surface area (Å²) in [5.74, 6) is 1.11. The van der Waals surface area contributed by atoms with E-state index in [1.54, 1.807) is 37.4 Å². The molecular formula is C15H15FO3. The minimum absolute atomic E-state index is 0.362. The van der Waals surface area contributed by atoms with Crippen molar-refractivity contribution in [2.45, 2.75) is 0 Å². The van der Waals surface area contributed by atoms with Gasteiger partial charge in [0.1, 0.15) is 11.6 Å². The van der Waals surface area contributed by atoms with Crippen molar-refractivity contribution in [1.29, 1.82) is 0 Å². The monoisotopic (exact) mass is 262 g/mol. The summed E-state index contributed by atoms with van der Waals surface area (Å²) in [7, 11) is 4.57. The van der Waals surface area contributed by atoms with Gasteiger partial charge in [0, 0.05) is 5.56 Å². The first-order valence-corrected chi connectivity index (χ1v) is 5.76. The highest BCUT2D eigenvalue weighted by Crippen LogP contribution is 2.42. The molecule has 0 saturated heterocycles. The van der Waals surface area contributed by atoms with Crippen molar-refractivity contribution in [2.75, 3.05) is 21.3 Å². The minimum atomic E-state index is -0.370. The fourth-order valence-corrected chi connectivity index (χ4v) is 2.02. The van der Waals surface area contributed by atoms with Crippen molar-refractivity contribution in [2.24, 2.45) is 0 Å². The lowest BCUT2D eigenvalue weighted by Gasteiger charge is -2.15. The van der Waals surface area contributed by atoms with Gasteiger partial charge in [-0.15, -0.1) is 0 Å². The Bertz CT molecular complexity index is 582. The van der Waals surface area contributed by atoms with E-state index in [2.05, 4.69) is 0 Å². The van der Waals surface area contributed by atoms with Gasteiger partial charge in [0.05, 0.1) is 26.9 Å². The van der Waals surface area contributed by atoms with Crippen LogP contribution in [0.15, 0.2) is 36.4 Å². The summed E-state index contributed by atoms with van der Waals surface area (Å²) in [5.41, 5.74) is 0.956. The molecule has 0 amide bonds. The molecule has 100 valence electrons. The number of hydrogen-bond acceptors (Lipinski definition) is 3. The summed E-state index contributed by atoms with van der Waals surface area (Å²) in [5, 5.41) is 0. The van der Waals surface area contributed by atoms with E-state index in [1.807, 2.05) is 0 Å². The highest BCUT2D eigenvalue weighted by atomic mass is 19.1. The van der Waals surface area contributed by atoms with E-state index in [0.717, 1.165) is 0 Å². The molecule has 0 aliphatic heterocycles. The van der Waals surface area contributed by atoms with Crippen LogP contribution in [0.5, 0.6) is 17.2 Å². The second-order valence-corrected chi connectivity index (χ2v) is 3.86. The molecule has 3 nitrogen and oxygen atoms in total. The number of rotatable bonds is 4. The van der Waals surface area contributed by atoms with Crippen LogP contribution < -0.4 is 14.2 Å². The first kappa shape index (κ1) is 13.2. The Kier molecular flexibility index (Phi) is 3.90. The first-order chi connectivity index (χ1) is 9.22. The number of para-hydroxylation sites is 1. The maximum atomic E-state index is 14.1. The third-order valence-electron chi connectivity index (χ3n) is 2.87. The number of ether oxygens (including phenoxy) is 3. The van der Waals surface area contributed by atoms with Crippen molar-refractivity contribution in [3.8, 4) is 28.4 Å². The van der Waals surface area contributed by atoms with Crippen LogP contribution in [0.2, 0.25) is 0 Å². The zero-order chi connectivity index (χ0) is 13.8. The van der Waals surface area contributed by atoms with E-state index >= 15 is 0 Å². The lowest BCUT2D eigenvalue weighted by Crippen LogP contribution is -1.96. The van der Waals surface area contributed by atoms with E-state index in [4.69, 9.17) is 14.2 Å². The van der Waals surface area contributed by atoms with E-state index in [0.29, 0.717) is 28.4 Å². The van der Waals surface area contributed by atoms with Crippen LogP contribution in [0.1, 0.15) is 0 Å². The molecule has 0 aliphatic carbocycles. The van der Waals surface area contributed by atoms with Gasteiger partial charge in [-0.2, -0.15) is 0 Å². The van der Waals surface area contributed by atoms with Crippen LogP contribution in [0.25, 0.3) is 11.1 Å². The molecule has 0 fully saturated rings. The summed E-state index contributed by atoms with van der Waals surface area (Å²) in [4.78, 5) is 0. The van der Waals surface area contributed by atoms with Gasteiger partial charge in [-0.3, -0.25) is 0 Å².